The van der Waals surface area contributed by atoms with Crippen LogP contribution in [0.3, 0.4) is 0 Å². The first kappa shape index (κ1) is 12.5. The molecule has 0 radical (unpaired) electrons. The molecule has 0 bridgehead atoms. The van der Waals surface area contributed by atoms with Crippen molar-refractivity contribution in [3.05, 3.63) is 28.5 Å². The highest BCUT2D eigenvalue weighted by molar-refractivity contribution is 9.10. The van der Waals surface area contributed by atoms with Crippen LogP contribution in [0.5, 0.6) is 0 Å². The SMILES string of the molecule is O=C(N[C@@H]1CCCC[C@H]1O)c1cccnc1Br. The van der Waals surface area contributed by atoms with Crippen molar-refractivity contribution in [3.8, 4) is 0 Å². The van der Waals surface area contributed by atoms with Crippen molar-refractivity contribution in [2.45, 2.75) is 37.8 Å². The maximum absolute atomic E-state index is 12.0. The van der Waals surface area contributed by atoms with E-state index in [1.807, 2.05) is 0 Å². The first-order chi connectivity index (χ1) is 8.18. The number of carbonyl (C=O) groups is 1. The van der Waals surface area contributed by atoms with Gasteiger partial charge in [0.1, 0.15) is 4.60 Å². The molecule has 2 N–H and O–H groups in total. The Balaban J connectivity index is 2.04. The van der Waals surface area contributed by atoms with Crippen LogP contribution < -0.4 is 5.32 Å². The number of carbonyl (C=O) groups excluding carboxylic acids is 1. The predicted octanol–water partition coefficient (Wildman–Crippen LogP) is 1.88. The second-order valence-electron chi connectivity index (χ2n) is 4.27. The van der Waals surface area contributed by atoms with Gasteiger partial charge in [0, 0.05) is 6.20 Å². The first-order valence-electron chi connectivity index (χ1n) is 5.78. The number of nitrogens with zero attached hydrogens (tertiary/aromatic N) is 1. The summed E-state index contributed by atoms with van der Waals surface area (Å²) in [6.45, 7) is 0. The summed E-state index contributed by atoms with van der Waals surface area (Å²) in [6.07, 6.45) is 4.88. The molecule has 1 aliphatic rings. The second kappa shape index (κ2) is 5.60. The molecule has 4 nitrogen and oxygen atoms in total. The van der Waals surface area contributed by atoms with Crippen LogP contribution in [0.25, 0.3) is 0 Å². The average molecular weight is 299 g/mol. The van der Waals surface area contributed by atoms with Crippen molar-refractivity contribution in [2.75, 3.05) is 0 Å². The van der Waals surface area contributed by atoms with Crippen molar-refractivity contribution in [1.29, 1.82) is 0 Å². The van der Waals surface area contributed by atoms with Gasteiger partial charge in [0.2, 0.25) is 0 Å². The van der Waals surface area contributed by atoms with Gasteiger partial charge in [-0.2, -0.15) is 0 Å². The number of amides is 1. The molecule has 17 heavy (non-hydrogen) atoms. The van der Waals surface area contributed by atoms with E-state index in [0.29, 0.717) is 10.2 Å². The Hall–Kier alpha value is -0.940. The lowest BCUT2D eigenvalue weighted by atomic mass is 9.92. The number of pyridine rings is 1. The summed E-state index contributed by atoms with van der Waals surface area (Å²) >= 11 is 3.24. The second-order valence-corrected chi connectivity index (χ2v) is 5.02. The molecular formula is C12H15BrN2O2. The van der Waals surface area contributed by atoms with Gasteiger partial charge in [-0.3, -0.25) is 4.79 Å². The van der Waals surface area contributed by atoms with Crippen molar-refractivity contribution in [2.24, 2.45) is 0 Å². The van der Waals surface area contributed by atoms with Crippen LogP contribution in [0.1, 0.15) is 36.0 Å². The smallest absolute Gasteiger partial charge is 0.254 e. The highest BCUT2D eigenvalue weighted by Crippen LogP contribution is 2.19. The molecule has 92 valence electrons. The van der Waals surface area contributed by atoms with Crippen LogP contribution in [-0.4, -0.2) is 28.1 Å². The molecule has 1 aromatic rings. The van der Waals surface area contributed by atoms with E-state index < -0.39 is 6.10 Å². The van der Waals surface area contributed by atoms with Crippen molar-refractivity contribution in [1.82, 2.24) is 10.3 Å². The van der Waals surface area contributed by atoms with Crippen LogP contribution >= 0.6 is 15.9 Å². The molecule has 0 spiro atoms. The zero-order valence-corrected chi connectivity index (χ0v) is 11.0. The van der Waals surface area contributed by atoms with Crippen LogP contribution in [0, 0.1) is 0 Å². The zero-order chi connectivity index (χ0) is 12.3. The zero-order valence-electron chi connectivity index (χ0n) is 9.40. The third-order valence-corrected chi connectivity index (χ3v) is 3.68. The molecule has 0 saturated heterocycles. The molecule has 0 aliphatic heterocycles. The number of hydrogen-bond donors (Lipinski definition) is 2. The van der Waals surface area contributed by atoms with E-state index in [2.05, 4.69) is 26.2 Å². The van der Waals surface area contributed by atoms with Gasteiger partial charge in [0.05, 0.1) is 17.7 Å². The number of aromatic nitrogens is 1. The summed E-state index contributed by atoms with van der Waals surface area (Å²) in [4.78, 5) is 16.0. The molecule has 1 aromatic heterocycles. The monoisotopic (exact) mass is 298 g/mol. The third kappa shape index (κ3) is 3.04. The summed E-state index contributed by atoms with van der Waals surface area (Å²) in [5.74, 6) is -0.184. The Morgan fingerprint density at radius 3 is 2.94 bits per heavy atom. The lowest BCUT2D eigenvalue weighted by molar-refractivity contribution is 0.0716. The summed E-state index contributed by atoms with van der Waals surface area (Å²) in [5.41, 5.74) is 0.505. The van der Waals surface area contributed by atoms with E-state index in [9.17, 15) is 9.90 Å². The average Bonchev–Trinajstić information content (AvgIpc) is 2.32. The number of aliphatic hydroxyl groups is 1. The highest BCUT2D eigenvalue weighted by atomic mass is 79.9. The first-order valence-corrected chi connectivity index (χ1v) is 6.57. The fraction of sp³-hybridized carbons (Fsp3) is 0.500. The van der Waals surface area contributed by atoms with Gasteiger partial charge in [-0.15, -0.1) is 0 Å². The summed E-state index contributed by atoms with van der Waals surface area (Å²) < 4.78 is 0.530. The molecule has 2 rings (SSSR count). The molecule has 1 fully saturated rings. The number of nitrogens with one attached hydrogen (secondary N) is 1. The van der Waals surface area contributed by atoms with E-state index in [1.54, 1.807) is 18.3 Å². The maximum Gasteiger partial charge on any atom is 0.254 e. The number of aliphatic hydroxyl groups excluding tert-OH is 1. The largest absolute Gasteiger partial charge is 0.391 e. The molecule has 1 saturated carbocycles. The molecule has 1 heterocycles. The molecular weight excluding hydrogens is 284 g/mol. The Kier molecular flexibility index (Phi) is 4.12. The Bertz CT molecular complexity index is 411. The van der Waals surface area contributed by atoms with E-state index in [4.69, 9.17) is 0 Å². The minimum atomic E-state index is -0.428. The molecule has 0 unspecified atom stereocenters. The summed E-state index contributed by atoms with van der Waals surface area (Å²) in [6, 6.07) is 3.29. The van der Waals surface area contributed by atoms with Gasteiger partial charge < -0.3 is 10.4 Å². The van der Waals surface area contributed by atoms with Crippen LogP contribution in [0.4, 0.5) is 0 Å². The topological polar surface area (TPSA) is 62.2 Å². The van der Waals surface area contributed by atoms with Gasteiger partial charge in [0.15, 0.2) is 0 Å². The van der Waals surface area contributed by atoms with E-state index >= 15 is 0 Å². The fourth-order valence-corrected chi connectivity index (χ4v) is 2.51. The quantitative estimate of drug-likeness (QED) is 0.820. The van der Waals surface area contributed by atoms with Crippen LogP contribution in [0.15, 0.2) is 22.9 Å². The van der Waals surface area contributed by atoms with Gasteiger partial charge >= 0.3 is 0 Å². The normalized spacial score (nSPS) is 24.4. The van der Waals surface area contributed by atoms with Gasteiger partial charge in [-0.1, -0.05) is 12.8 Å². The van der Waals surface area contributed by atoms with Crippen molar-refractivity contribution < 1.29 is 9.90 Å². The summed E-state index contributed by atoms with van der Waals surface area (Å²) in [5, 5.41) is 12.7. The molecule has 5 heteroatoms. The molecule has 1 aliphatic carbocycles. The summed E-state index contributed by atoms with van der Waals surface area (Å²) in [7, 11) is 0. The highest BCUT2D eigenvalue weighted by Gasteiger charge is 2.25. The maximum atomic E-state index is 12.0. The van der Waals surface area contributed by atoms with E-state index in [0.717, 1.165) is 25.7 Å². The number of halogens is 1. The van der Waals surface area contributed by atoms with Crippen LogP contribution in [0.2, 0.25) is 0 Å². The Morgan fingerprint density at radius 2 is 2.24 bits per heavy atom. The molecule has 2 atom stereocenters. The third-order valence-electron chi connectivity index (χ3n) is 3.05. The lowest BCUT2D eigenvalue weighted by Gasteiger charge is -2.28. The van der Waals surface area contributed by atoms with Gasteiger partial charge in [0.25, 0.3) is 5.91 Å². The molecule has 1 amide bonds. The molecule has 0 aromatic carbocycles. The van der Waals surface area contributed by atoms with E-state index in [1.165, 1.54) is 0 Å². The Morgan fingerprint density at radius 1 is 1.47 bits per heavy atom. The predicted molar refractivity (Wildman–Crippen MR) is 67.7 cm³/mol. The van der Waals surface area contributed by atoms with Gasteiger partial charge in [-0.05, 0) is 40.9 Å². The fourth-order valence-electron chi connectivity index (χ4n) is 2.08. The Labute approximate surface area is 109 Å². The van der Waals surface area contributed by atoms with Crippen molar-refractivity contribution >= 4 is 21.8 Å². The van der Waals surface area contributed by atoms with Crippen LogP contribution in [-0.2, 0) is 0 Å². The standard InChI is InChI=1S/C12H15BrN2O2/c13-11-8(4-3-7-14-11)12(17)15-9-5-1-2-6-10(9)16/h3-4,7,9-10,16H,1-2,5-6H2,(H,15,17)/t9-,10-/m1/s1. The number of rotatable bonds is 2. The van der Waals surface area contributed by atoms with E-state index in [-0.39, 0.29) is 11.9 Å². The lowest BCUT2D eigenvalue weighted by Crippen LogP contribution is -2.45. The van der Waals surface area contributed by atoms with Crippen molar-refractivity contribution in [3.63, 3.8) is 0 Å². The number of hydrogen-bond acceptors (Lipinski definition) is 3. The minimum Gasteiger partial charge on any atom is -0.391 e. The van der Waals surface area contributed by atoms with Gasteiger partial charge in [-0.25, -0.2) is 4.98 Å². The minimum absolute atomic E-state index is 0.136.